The summed E-state index contributed by atoms with van der Waals surface area (Å²) in [6.07, 6.45) is 4.04. The number of amides is 1. The van der Waals surface area contributed by atoms with Gasteiger partial charge in [0.1, 0.15) is 0 Å². The molecular weight excluding hydrogens is 256 g/mol. The first-order chi connectivity index (χ1) is 9.65. The fraction of sp³-hybridized carbons (Fsp3) is 0.333. The number of carbonyl (C=O) groups excluding carboxylic acids is 1. The highest BCUT2D eigenvalue weighted by molar-refractivity contribution is 5.98. The molecule has 2 atom stereocenters. The van der Waals surface area contributed by atoms with Crippen LogP contribution in [0.15, 0.2) is 30.5 Å². The van der Waals surface area contributed by atoms with E-state index in [0.29, 0.717) is 12.0 Å². The molecule has 1 aromatic heterocycles. The number of carboxylic acid groups (broad SMARTS) is 1. The zero-order valence-corrected chi connectivity index (χ0v) is 10.9. The SMILES string of the molecule is O=C(NC1CCCC1C(=O)O)c1ccc2[nH]ccc2c1. The van der Waals surface area contributed by atoms with Crippen LogP contribution in [0.3, 0.4) is 0 Å². The summed E-state index contributed by atoms with van der Waals surface area (Å²) in [6.45, 7) is 0. The molecule has 1 saturated carbocycles. The predicted octanol–water partition coefficient (Wildman–Crippen LogP) is 2.15. The molecule has 3 N–H and O–H groups in total. The summed E-state index contributed by atoms with van der Waals surface area (Å²) in [4.78, 5) is 26.4. The summed E-state index contributed by atoms with van der Waals surface area (Å²) in [5.41, 5.74) is 1.54. The Kier molecular flexibility index (Phi) is 3.18. The van der Waals surface area contributed by atoms with Crippen LogP contribution in [0.2, 0.25) is 0 Å². The third kappa shape index (κ3) is 2.27. The number of hydrogen-bond donors (Lipinski definition) is 3. The van der Waals surface area contributed by atoms with Crippen LogP contribution >= 0.6 is 0 Å². The van der Waals surface area contributed by atoms with Crippen LogP contribution in [0.25, 0.3) is 10.9 Å². The normalized spacial score (nSPS) is 22.0. The van der Waals surface area contributed by atoms with Gasteiger partial charge in [-0.15, -0.1) is 0 Å². The van der Waals surface area contributed by atoms with Crippen molar-refractivity contribution in [2.24, 2.45) is 5.92 Å². The summed E-state index contributed by atoms with van der Waals surface area (Å²) in [7, 11) is 0. The average molecular weight is 272 g/mol. The monoisotopic (exact) mass is 272 g/mol. The van der Waals surface area contributed by atoms with E-state index in [1.165, 1.54) is 0 Å². The molecule has 1 fully saturated rings. The topological polar surface area (TPSA) is 82.2 Å². The van der Waals surface area contributed by atoms with Gasteiger partial charge in [-0.25, -0.2) is 0 Å². The third-order valence-electron chi connectivity index (χ3n) is 3.97. The molecule has 0 spiro atoms. The molecule has 2 aromatic rings. The van der Waals surface area contributed by atoms with Crippen molar-refractivity contribution in [1.29, 1.82) is 0 Å². The Labute approximate surface area is 116 Å². The lowest BCUT2D eigenvalue weighted by Gasteiger charge is -2.17. The van der Waals surface area contributed by atoms with Gasteiger partial charge in [-0.2, -0.15) is 0 Å². The van der Waals surface area contributed by atoms with Crippen LogP contribution in [-0.4, -0.2) is 28.0 Å². The summed E-state index contributed by atoms with van der Waals surface area (Å²) in [6, 6.07) is 7.06. The largest absolute Gasteiger partial charge is 0.481 e. The van der Waals surface area contributed by atoms with Crippen LogP contribution in [0.4, 0.5) is 0 Å². The smallest absolute Gasteiger partial charge is 0.308 e. The van der Waals surface area contributed by atoms with Crippen molar-refractivity contribution in [1.82, 2.24) is 10.3 Å². The molecular formula is C15H16N2O3. The van der Waals surface area contributed by atoms with Gasteiger partial charge in [0.25, 0.3) is 5.91 Å². The van der Waals surface area contributed by atoms with Crippen LogP contribution in [0.1, 0.15) is 29.6 Å². The molecule has 0 radical (unpaired) electrons. The fourth-order valence-corrected chi connectivity index (χ4v) is 2.87. The maximum Gasteiger partial charge on any atom is 0.308 e. The Morgan fingerprint density at radius 1 is 1.25 bits per heavy atom. The zero-order chi connectivity index (χ0) is 14.1. The second-order valence-corrected chi connectivity index (χ2v) is 5.24. The van der Waals surface area contributed by atoms with E-state index >= 15 is 0 Å². The van der Waals surface area contributed by atoms with E-state index < -0.39 is 11.9 Å². The van der Waals surface area contributed by atoms with E-state index in [0.717, 1.165) is 23.7 Å². The van der Waals surface area contributed by atoms with Crippen molar-refractivity contribution < 1.29 is 14.7 Å². The molecule has 0 aliphatic heterocycles. The Morgan fingerprint density at radius 3 is 2.90 bits per heavy atom. The molecule has 1 heterocycles. The maximum absolute atomic E-state index is 12.2. The number of hydrogen-bond acceptors (Lipinski definition) is 2. The molecule has 5 heteroatoms. The first-order valence-corrected chi connectivity index (χ1v) is 6.76. The van der Waals surface area contributed by atoms with Crippen molar-refractivity contribution in [2.75, 3.05) is 0 Å². The number of carboxylic acids is 1. The number of fused-ring (bicyclic) bond motifs is 1. The highest BCUT2D eigenvalue weighted by atomic mass is 16.4. The van der Waals surface area contributed by atoms with E-state index in [9.17, 15) is 9.59 Å². The van der Waals surface area contributed by atoms with Crippen LogP contribution < -0.4 is 5.32 Å². The lowest BCUT2D eigenvalue weighted by atomic mass is 10.0. The first kappa shape index (κ1) is 12.7. The highest BCUT2D eigenvalue weighted by Gasteiger charge is 2.33. The van der Waals surface area contributed by atoms with Gasteiger partial charge in [0, 0.05) is 28.7 Å². The quantitative estimate of drug-likeness (QED) is 0.800. The third-order valence-corrected chi connectivity index (χ3v) is 3.97. The van der Waals surface area contributed by atoms with Gasteiger partial charge in [-0.1, -0.05) is 6.42 Å². The Hall–Kier alpha value is -2.30. The molecule has 3 rings (SSSR count). The van der Waals surface area contributed by atoms with Gasteiger partial charge in [-0.3, -0.25) is 9.59 Å². The minimum absolute atomic E-state index is 0.203. The van der Waals surface area contributed by atoms with E-state index in [4.69, 9.17) is 5.11 Å². The second-order valence-electron chi connectivity index (χ2n) is 5.24. The molecule has 1 amide bonds. The number of aromatic nitrogens is 1. The predicted molar refractivity (Wildman–Crippen MR) is 74.5 cm³/mol. The number of benzene rings is 1. The zero-order valence-electron chi connectivity index (χ0n) is 10.9. The highest BCUT2D eigenvalue weighted by Crippen LogP contribution is 2.26. The maximum atomic E-state index is 12.2. The van der Waals surface area contributed by atoms with Crippen molar-refractivity contribution >= 4 is 22.8 Å². The molecule has 1 aromatic carbocycles. The van der Waals surface area contributed by atoms with Crippen molar-refractivity contribution in [2.45, 2.75) is 25.3 Å². The van der Waals surface area contributed by atoms with Gasteiger partial charge in [0.2, 0.25) is 0 Å². The molecule has 2 unspecified atom stereocenters. The lowest BCUT2D eigenvalue weighted by Crippen LogP contribution is -2.40. The summed E-state index contributed by atoms with van der Waals surface area (Å²) in [5, 5.41) is 12.9. The number of aliphatic carboxylic acids is 1. The van der Waals surface area contributed by atoms with Gasteiger partial charge in [0.15, 0.2) is 0 Å². The van der Waals surface area contributed by atoms with Gasteiger partial charge in [0.05, 0.1) is 5.92 Å². The van der Waals surface area contributed by atoms with E-state index in [1.807, 2.05) is 24.4 Å². The molecule has 0 bridgehead atoms. The molecule has 5 nitrogen and oxygen atoms in total. The van der Waals surface area contributed by atoms with Crippen molar-refractivity contribution in [3.8, 4) is 0 Å². The molecule has 0 saturated heterocycles. The summed E-state index contributed by atoms with van der Waals surface area (Å²) >= 11 is 0. The standard InChI is InChI=1S/C15H16N2O3/c18-14(17-13-3-1-2-11(13)15(19)20)10-4-5-12-9(8-10)6-7-16-12/h4-8,11,13,16H,1-3H2,(H,17,18)(H,19,20). The lowest BCUT2D eigenvalue weighted by molar-refractivity contribution is -0.142. The number of carbonyl (C=O) groups is 2. The minimum Gasteiger partial charge on any atom is -0.481 e. The molecule has 1 aliphatic carbocycles. The van der Waals surface area contributed by atoms with Gasteiger partial charge >= 0.3 is 5.97 Å². The molecule has 1 aliphatic rings. The summed E-state index contributed by atoms with van der Waals surface area (Å²) < 4.78 is 0. The van der Waals surface area contributed by atoms with E-state index in [1.54, 1.807) is 6.07 Å². The number of aromatic amines is 1. The average Bonchev–Trinajstić information content (AvgIpc) is 3.05. The Bertz CT molecular complexity index is 662. The minimum atomic E-state index is -0.825. The van der Waals surface area contributed by atoms with Crippen LogP contribution in [0, 0.1) is 5.92 Å². The summed E-state index contributed by atoms with van der Waals surface area (Å²) in [5.74, 6) is -1.49. The number of nitrogens with one attached hydrogen (secondary N) is 2. The van der Waals surface area contributed by atoms with Crippen LogP contribution in [0.5, 0.6) is 0 Å². The Balaban J connectivity index is 1.77. The molecule has 20 heavy (non-hydrogen) atoms. The van der Waals surface area contributed by atoms with E-state index in [-0.39, 0.29) is 11.9 Å². The second kappa shape index (κ2) is 5.00. The van der Waals surface area contributed by atoms with Gasteiger partial charge in [-0.05, 0) is 37.1 Å². The van der Waals surface area contributed by atoms with E-state index in [2.05, 4.69) is 10.3 Å². The first-order valence-electron chi connectivity index (χ1n) is 6.76. The number of H-pyrrole nitrogens is 1. The molecule has 104 valence electrons. The van der Waals surface area contributed by atoms with Crippen molar-refractivity contribution in [3.05, 3.63) is 36.0 Å². The Morgan fingerprint density at radius 2 is 2.10 bits per heavy atom. The van der Waals surface area contributed by atoms with Gasteiger partial charge < -0.3 is 15.4 Å². The van der Waals surface area contributed by atoms with Crippen molar-refractivity contribution in [3.63, 3.8) is 0 Å². The van der Waals surface area contributed by atoms with Crippen LogP contribution in [-0.2, 0) is 4.79 Å². The number of rotatable bonds is 3. The fourth-order valence-electron chi connectivity index (χ4n) is 2.87.